The minimum Gasteiger partial charge on any atom is -0.489 e. The highest BCUT2D eigenvalue weighted by atomic mass is 35.5. The van der Waals surface area contributed by atoms with Crippen LogP contribution in [0.4, 0.5) is 0 Å². The maximum atomic E-state index is 10.1. The van der Waals surface area contributed by atoms with Gasteiger partial charge in [0, 0.05) is 10.8 Å². The number of tetrazole rings is 1. The van der Waals surface area contributed by atoms with Crippen LogP contribution in [-0.2, 0) is 0 Å². The fraction of sp³-hybridized carbons (Fsp3) is 0.188. The van der Waals surface area contributed by atoms with Crippen molar-refractivity contribution in [1.29, 1.82) is 0 Å². The van der Waals surface area contributed by atoms with E-state index in [9.17, 15) is 5.11 Å². The van der Waals surface area contributed by atoms with E-state index in [-0.39, 0.29) is 6.61 Å². The molecule has 3 aromatic rings. The Hall–Kier alpha value is -1.80. The first-order chi connectivity index (χ1) is 12.1. The molecular formula is C16H14Cl2N4O2S. The number of rotatable bonds is 7. The van der Waals surface area contributed by atoms with Gasteiger partial charge < -0.3 is 9.84 Å². The van der Waals surface area contributed by atoms with Crippen molar-refractivity contribution in [2.24, 2.45) is 0 Å². The maximum Gasteiger partial charge on any atom is 0.214 e. The predicted octanol–water partition coefficient (Wildman–Crippen LogP) is 3.50. The number of aromatic nitrogens is 4. The Morgan fingerprint density at radius 2 is 1.96 bits per heavy atom. The molecule has 1 atom stereocenters. The summed E-state index contributed by atoms with van der Waals surface area (Å²) < 4.78 is 7.15. The van der Waals surface area contributed by atoms with Crippen LogP contribution in [0.2, 0.25) is 10.0 Å². The zero-order valence-electron chi connectivity index (χ0n) is 12.9. The number of nitrogens with zero attached hydrogens (tertiary/aromatic N) is 4. The Morgan fingerprint density at radius 3 is 2.72 bits per heavy atom. The van der Waals surface area contributed by atoms with Crippen LogP contribution in [0.25, 0.3) is 5.69 Å². The molecule has 0 aliphatic carbocycles. The number of halogens is 2. The second-order valence-corrected chi connectivity index (χ2v) is 6.89. The first-order valence-electron chi connectivity index (χ1n) is 7.36. The largest absolute Gasteiger partial charge is 0.489 e. The lowest BCUT2D eigenvalue weighted by Gasteiger charge is -2.13. The quantitative estimate of drug-likeness (QED) is 0.616. The topological polar surface area (TPSA) is 73.1 Å². The fourth-order valence-corrected chi connectivity index (χ4v) is 3.26. The van der Waals surface area contributed by atoms with Crippen molar-refractivity contribution in [1.82, 2.24) is 20.2 Å². The molecule has 0 saturated heterocycles. The lowest BCUT2D eigenvalue weighted by atomic mass is 10.3. The number of hydrogen-bond acceptors (Lipinski definition) is 6. The van der Waals surface area contributed by atoms with Gasteiger partial charge in [-0.1, -0.05) is 53.2 Å². The van der Waals surface area contributed by atoms with Crippen molar-refractivity contribution in [2.45, 2.75) is 11.3 Å². The van der Waals surface area contributed by atoms with E-state index in [1.54, 1.807) is 22.9 Å². The van der Waals surface area contributed by atoms with Gasteiger partial charge in [0.1, 0.15) is 12.4 Å². The van der Waals surface area contributed by atoms with E-state index in [1.165, 1.54) is 11.8 Å². The number of aliphatic hydroxyl groups is 1. The minimum absolute atomic E-state index is 0.0985. The zero-order valence-corrected chi connectivity index (χ0v) is 15.2. The van der Waals surface area contributed by atoms with Gasteiger partial charge in [-0.2, -0.15) is 4.68 Å². The van der Waals surface area contributed by atoms with Gasteiger partial charge in [-0.15, -0.1) is 5.10 Å². The molecule has 1 aromatic heterocycles. The first kappa shape index (κ1) is 18.0. The van der Waals surface area contributed by atoms with Gasteiger partial charge in [0.2, 0.25) is 5.16 Å². The smallest absolute Gasteiger partial charge is 0.214 e. The van der Waals surface area contributed by atoms with Gasteiger partial charge in [0.25, 0.3) is 0 Å². The van der Waals surface area contributed by atoms with E-state index in [1.807, 2.05) is 30.3 Å². The third kappa shape index (κ3) is 4.85. The van der Waals surface area contributed by atoms with Crippen LogP contribution in [0.1, 0.15) is 0 Å². The van der Waals surface area contributed by atoms with Crippen LogP contribution < -0.4 is 4.74 Å². The monoisotopic (exact) mass is 396 g/mol. The average molecular weight is 397 g/mol. The Bertz CT molecular complexity index is 832. The third-order valence-electron chi connectivity index (χ3n) is 3.17. The van der Waals surface area contributed by atoms with E-state index in [0.29, 0.717) is 26.7 Å². The SMILES string of the molecule is OC(COc1ccc(Cl)cc1Cl)CSc1nnnn1-c1ccccc1. The summed E-state index contributed by atoms with van der Waals surface area (Å²) in [6.07, 6.45) is -0.710. The number of ether oxygens (including phenoxy) is 1. The molecule has 9 heteroatoms. The van der Waals surface area contributed by atoms with Gasteiger partial charge in [-0.25, -0.2) is 0 Å². The Balaban J connectivity index is 1.55. The standard InChI is InChI=1S/C16H14Cl2N4O2S/c17-11-6-7-15(14(18)8-11)24-9-13(23)10-25-16-19-20-21-22(16)12-4-2-1-3-5-12/h1-8,13,23H,9-10H2. The fourth-order valence-electron chi connectivity index (χ4n) is 2.00. The highest BCUT2D eigenvalue weighted by molar-refractivity contribution is 7.99. The van der Waals surface area contributed by atoms with Crippen molar-refractivity contribution < 1.29 is 9.84 Å². The lowest BCUT2D eigenvalue weighted by Crippen LogP contribution is -2.20. The molecule has 1 heterocycles. The molecule has 0 saturated carbocycles. The number of thioether (sulfide) groups is 1. The molecule has 1 N–H and O–H groups in total. The first-order valence-corrected chi connectivity index (χ1v) is 9.10. The van der Waals surface area contributed by atoms with Crippen LogP contribution in [-0.4, -0.2) is 43.8 Å². The average Bonchev–Trinajstić information content (AvgIpc) is 3.08. The summed E-state index contributed by atoms with van der Waals surface area (Å²) in [5.41, 5.74) is 0.855. The number of aliphatic hydroxyl groups excluding tert-OH is 1. The summed E-state index contributed by atoms with van der Waals surface area (Å²) in [4.78, 5) is 0. The summed E-state index contributed by atoms with van der Waals surface area (Å²) in [5.74, 6) is 0.850. The summed E-state index contributed by atoms with van der Waals surface area (Å²) in [7, 11) is 0. The van der Waals surface area contributed by atoms with Crippen LogP contribution in [0.15, 0.2) is 53.7 Å². The molecule has 0 amide bonds. The number of para-hydroxylation sites is 1. The zero-order chi connectivity index (χ0) is 17.6. The van der Waals surface area contributed by atoms with E-state index in [2.05, 4.69) is 15.5 Å². The van der Waals surface area contributed by atoms with Gasteiger partial charge in [-0.05, 0) is 40.8 Å². The highest BCUT2D eigenvalue weighted by Gasteiger charge is 2.13. The molecule has 0 spiro atoms. The van der Waals surface area contributed by atoms with Gasteiger partial charge in [-0.3, -0.25) is 0 Å². The Labute approximate surface area is 158 Å². The molecule has 25 heavy (non-hydrogen) atoms. The molecule has 2 aromatic carbocycles. The third-order valence-corrected chi connectivity index (χ3v) is 4.77. The highest BCUT2D eigenvalue weighted by Crippen LogP contribution is 2.27. The van der Waals surface area contributed by atoms with E-state index in [4.69, 9.17) is 27.9 Å². The molecule has 0 aliphatic heterocycles. The van der Waals surface area contributed by atoms with Crippen molar-refractivity contribution in [2.75, 3.05) is 12.4 Å². The van der Waals surface area contributed by atoms with Crippen molar-refractivity contribution >= 4 is 35.0 Å². The second kappa shape index (κ2) is 8.53. The molecule has 0 aliphatic rings. The molecule has 0 fully saturated rings. The van der Waals surface area contributed by atoms with Gasteiger partial charge in [0.05, 0.1) is 16.8 Å². The Kier molecular flexibility index (Phi) is 6.14. The van der Waals surface area contributed by atoms with Crippen LogP contribution in [0.5, 0.6) is 5.75 Å². The molecule has 130 valence electrons. The molecule has 0 radical (unpaired) electrons. The van der Waals surface area contributed by atoms with E-state index < -0.39 is 6.10 Å². The van der Waals surface area contributed by atoms with Gasteiger partial charge >= 0.3 is 0 Å². The number of hydrogen-bond donors (Lipinski definition) is 1. The minimum atomic E-state index is -0.710. The van der Waals surface area contributed by atoms with E-state index >= 15 is 0 Å². The molecule has 0 bridgehead atoms. The van der Waals surface area contributed by atoms with Crippen molar-refractivity contribution in [3.63, 3.8) is 0 Å². The second-order valence-electron chi connectivity index (χ2n) is 5.06. The van der Waals surface area contributed by atoms with E-state index in [0.717, 1.165) is 5.69 Å². The van der Waals surface area contributed by atoms with Gasteiger partial charge in [0.15, 0.2) is 0 Å². The van der Waals surface area contributed by atoms with Crippen LogP contribution in [0, 0.1) is 0 Å². The Morgan fingerprint density at radius 1 is 1.16 bits per heavy atom. The molecule has 3 rings (SSSR count). The maximum absolute atomic E-state index is 10.1. The van der Waals surface area contributed by atoms with Crippen molar-refractivity contribution in [3.05, 3.63) is 58.6 Å². The molecule has 6 nitrogen and oxygen atoms in total. The summed E-state index contributed by atoms with van der Waals surface area (Å²) in [6.45, 7) is 0.0985. The molecular weight excluding hydrogens is 383 g/mol. The van der Waals surface area contributed by atoms with Crippen molar-refractivity contribution in [3.8, 4) is 11.4 Å². The molecule has 1 unspecified atom stereocenters. The lowest BCUT2D eigenvalue weighted by molar-refractivity contribution is 0.126. The number of benzene rings is 2. The summed E-state index contributed by atoms with van der Waals surface area (Å²) in [5, 5.41) is 23.3. The van der Waals surface area contributed by atoms with Crippen LogP contribution >= 0.6 is 35.0 Å². The van der Waals surface area contributed by atoms with Crippen LogP contribution in [0.3, 0.4) is 0 Å². The predicted molar refractivity (Wildman–Crippen MR) is 97.8 cm³/mol. The normalized spacial score (nSPS) is 12.1. The summed E-state index contributed by atoms with van der Waals surface area (Å²) in [6, 6.07) is 14.5. The summed E-state index contributed by atoms with van der Waals surface area (Å²) >= 11 is 13.2.